The molecule has 0 atom stereocenters. The minimum atomic E-state index is -0.598. The van der Waals surface area contributed by atoms with E-state index in [1.165, 1.54) is 18.2 Å². The third kappa shape index (κ3) is 2.10. The summed E-state index contributed by atoms with van der Waals surface area (Å²) in [5.41, 5.74) is -1.07. The standard InChI is InChI=1S/C13H17N5O3/c1-16-12(19)9-11(14-13(16)20)17(2)15-10(18(9)21)8-6-4-3-5-7-8/h8H,3-7H2,1-2H3/p+1. The molecule has 0 aliphatic heterocycles. The zero-order chi connectivity index (χ0) is 15.1. The van der Waals surface area contributed by atoms with E-state index < -0.39 is 11.2 Å². The maximum absolute atomic E-state index is 12.6. The number of aromatic amines is 1. The Morgan fingerprint density at radius 2 is 1.86 bits per heavy atom. The normalized spacial score (nSPS) is 16.5. The molecule has 2 aromatic rings. The summed E-state index contributed by atoms with van der Waals surface area (Å²) in [5, 5.41) is 4.29. The van der Waals surface area contributed by atoms with Gasteiger partial charge in [-0.2, -0.15) is 4.68 Å². The molecule has 0 bridgehead atoms. The highest BCUT2D eigenvalue weighted by Gasteiger charge is 2.31. The van der Waals surface area contributed by atoms with Crippen LogP contribution in [0.3, 0.4) is 0 Å². The first-order valence-electron chi connectivity index (χ1n) is 7.13. The second-order valence-electron chi connectivity index (χ2n) is 5.60. The van der Waals surface area contributed by atoms with Gasteiger partial charge in [0.05, 0.1) is 18.1 Å². The van der Waals surface area contributed by atoms with Crippen molar-refractivity contribution in [2.24, 2.45) is 14.1 Å². The Morgan fingerprint density at radius 3 is 2.52 bits per heavy atom. The van der Waals surface area contributed by atoms with E-state index in [-0.39, 0.29) is 17.1 Å². The Balaban J connectivity index is 2.35. The Labute approximate surface area is 119 Å². The van der Waals surface area contributed by atoms with Crippen molar-refractivity contribution in [3.63, 3.8) is 0 Å². The average Bonchev–Trinajstić information content (AvgIpc) is 2.49. The lowest BCUT2D eigenvalue weighted by Crippen LogP contribution is -2.41. The molecule has 1 N–H and O–H groups in total. The summed E-state index contributed by atoms with van der Waals surface area (Å²) in [4.78, 5) is 39.0. The van der Waals surface area contributed by atoms with E-state index in [0.717, 1.165) is 30.3 Å². The summed E-state index contributed by atoms with van der Waals surface area (Å²) in [7, 11) is 2.98. The van der Waals surface area contributed by atoms with Crippen molar-refractivity contribution in [2.75, 3.05) is 0 Å². The summed E-state index contributed by atoms with van der Waals surface area (Å²) < 4.78 is 2.92. The first kappa shape index (κ1) is 13.7. The van der Waals surface area contributed by atoms with Crippen molar-refractivity contribution < 1.29 is 4.43 Å². The van der Waals surface area contributed by atoms with E-state index in [9.17, 15) is 14.5 Å². The third-order valence-electron chi connectivity index (χ3n) is 4.22. The predicted octanol–water partition coefficient (Wildman–Crippen LogP) is -0.0775. The second kappa shape index (κ2) is 4.94. The number of aromatic nitrogens is 5. The molecule has 3 rings (SSSR count). The van der Waals surface area contributed by atoms with Gasteiger partial charge >= 0.3 is 17.1 Å². The average molecular weight is 292 g/mol. The first-order chi connectivity index (χ1) is 10.0. The molecule has 0 radical (unpaired) electrons. The minimum absolute atomic E-state index is 0.0600. The fraction of sp³-hybridized carbons (Fsp3) is 0.615. The maximum Gasteiger partial charge on any atom is 0.371 e. The molecule has 8 heteroatoms. The topological polar surface area (TPSA) is 95.7 Å². The zero-order valence-corrected chi connectivity index (χ0v) is 12.1. The van der Waals surface area contributed by atoms with Crippen LogP contribution in [0.15, 0.2) is 9.59 Å². The van der Waals surface area contributed by atoms with Crippen LogP contribution in [0.1, 0.15) is 43.8 Å². The number of rotatable bonds is 1. The van der Waals surface area contributed by atoms with Crippen molar-refractivity contribution in [1.29, 1.82) is 0 Å². The van der Waals surface area contributed by atoms with E-state index >= 15 is 0 Å². The van der Waals surface area contributed by atoms with Gasteiger partial charge < -0.3 is 0 Å². The summed E-state index contributed by atoms with van der Waals surface area (Å²) >= 11 is 0. The highest BCUT2D eigenvalue weighted by atomic mass is 16.3. The van der Waals surface area contributed by atoms with Crippen molar-refractivity contribution in [3.8, 4) is 0 Å². The van der Waals surface area contributed by atoms with Crippen LogP contribution in [0.4, 0.5) is 0 Å². The smallest absolute Gasteiger partial charge is 0.287 e. The third-order valence-corrected chi connectivity index (χ3v) is 4.22. The number of aryl methyl sites for hydroxylation is 1. The summed E-state index contributed by atoms with van der Waals surface area (Å²) in [6, 6.07) is 0. The van der Waals surface area contributed by atoms with Gasteiger partial charge in [-0.15, -0.1) is 0 Å². The number of fused-ring (bicyclic) bond motifs is 1. The van der Waals surface area contributed by atoms with Crippen LogP contribution in [0.2, 0.25) is 0 Å². The van der Waals surface area contributed by atoms with E-state index in [2.05, 4.69) is 10.1 Å². The monoisotopic (exact) mass is 292 g/mol. The summed E-state index contributed by atoms with van der Waals surface area (Å²) in [6.45, 7) is 0. The largest absolute Gasteiger partial charge is 0.371 e. The molecule has 2 heterocycles. The molecule has 1 saturated carbocycles. The SMILES string of the molecule is Cn1c(=O)[nH]c2c(c1=O)[n+](=O)c(C1CCCCC1)nn2C. The number of hydrogen-bond donors (Lipinski definition) is 1. The van der Waals surface area contributed by atoms with Crippen molar-refractivity contribution >= 4 is 11.2 Å². The lowest BCUT2D eigenvalue weighted by atomic mass is 9.89. The molecule has 0 unspecified atom stereocenters. The van der Waals surface area contributed by atoms with Gasteiger partial charge in [0.2, 0.25) is 5.65 Å². The van der Waals surface area contributed by atoms with Gasteiger partial charge in [0.15, 0.2) is 0 Å². The lowest BCUT2D eigenvalue weighted by Gasteiger charge is -2.16. The lowest BCUT2D eigenvalue weighted by molar-refractivity contribution is -0.484. The van der Waals surface area contributed by atoms with Crippen LogP contribution in [-0.2, 0) is 14.1 Å². The molecule has 112 valence electrons. The van der Waals surface area contributed by atoms with Crippen molar-refractivity contribution in [3.05, 3.63) is 31.6 Å². The van der Waals surface area contributed by atoms with Crippen LogP contribution >= 0.6 is 0 Å². The molecule has 21 heavy (non-hydrogen) atoms. The van der Waals surface area contributed by atoms with Crippen molar-refractivity contribution in [2.45, 2.75) is 38.0 Å². The Hall–Kier alpha value is -2.25. The Kier molecular flexibility index (Phi) is 3.23. The van der Waals surface area contributed by atoms with Crippen LogP contribution < -0.4 is 15.7 Å². The number of nitrogens with one attached hydrogen (secondary N) is 1. The molecule has 1 fully saturated rings. The molecule has 8 nitrogen and oxygen atoms in total. The molecule has 1 aliphatic carbocycles. The summed E-state index contributed by atoms with van der Waals surface area (Å²) in [5.74, 6) is 0.442. The van der Waals surface area contributed by atoms with Gasteiger partial charge in [-0.05, 0) is 12.8 Å². The Bertz CT molecular complexity index is 870. The molecule has 0 aromatic carbocycles. The molecular weight excluding hydrogens is 274 g/mol. The highest BCUT2D eigenvalue weighted by molar-refractivity contribution is 5.63. The number of hydrogen-bond acceptors (Lipinski definition) is 4. The molecule has 0 saturated heterocycles. The second-order valence-corrected chi connectivity index (χ2v) is 5.60. The predicted molar refractivity (Wildman–Crippen MR) is 75.8 cm³/mol. The summed E-state index contributed by atoms with van der Waals surface area (Å²) in [6.07, 6.45) is 5.12. The number of H-pyrrole nitrogens is 1. The molecule has 0 spiro atoms. The van der Waals surface area contributed by atoms with Gasteiger partial charge in [0.1, 0.15) is 0 Å². The number of nitrogens with zero attached hydrogens (tertiary/aromatic N) is 4. The van der Waals surface area contributed by atoms with E-state index in [0.29, 0.717) is 10.3 Å². The fourth-order valence-corrected chi connectivity index (χ4v) is 2.98. The fourth-order valence-electron chi connectivity index (χ4n) is 2.98. The highest BCUT2D eigenvalue weighted by Crippen LogP contribution is 2.29. The van der Waals surface area contributed by atoms with Gasteiger partial charge in [-0.3, -0.25) is 14.3 Å². The van der Waals surface area contributed by atoms with Crippen LogP contribution in [0.5, 0.6) is 0 Å². The molecular formula is C13H18N5O3+. The van der Waals surface area contributed by atoms with Gasteiger partial charge in [-0.1, -0.05) is 24.2 Å². The minimum Gasteiger partial charge on any atom is -0.287 e. The van der Waals surface area contributed by atoms with Gasteiger partial charge in [0.25, 0.3) is 5.52 Å². The molecule has 2 aromatic heterocycles. The van der Waals surface area contributed by atoms with Gasteiger partial charge in [0, 0.05) is 11.5 Å². The van der Waals surface area contributed by atoms with Crippen molar-refractivity contribution in [1.82, 2.24) is 19.3 Å². The van der Waals surface area contributed by atoms with E-state index in [1.54, 1.807) is 7.05 Å². The maximum atomic E-state index is 12.6. The van der Waals surface area contributed by atoms with E-state index in [1.807, 2.05) is 0 Å². The van der Waals surface area contributed by atoms with Crippen LogP contribution in [0, 0.1) is 4.91 Å². The van der Waals surface area contributed by atoms with Crippen LogP contribution in [-0.4, -0.2) is 19.3 Å². The Morgan fingerprint density at radius 1 is 1.19 bits per heavy atom. The quantitative estimate of drug-likeness (QED) is 0.744. The van der Waals surface area contributed by atoms with Gasteiger partial charge in [-0.25, -0.2) is 4.79 Å². The zero-order valence-electron chi connectivity index (χ0n) is 12.1. The van der Waals surface area contributed by atoms with E-state index in [4.69, 9.17) is 0 Å². The van der Waals surface area contributed by atoms with Crippen LogP contribution in [0.25, 0.3) is 11.2 Å². The first-order valence-corrected chi connectivity index (χ1v) is 7.13. The molecule has 0 amide bonds. The molecule has 1 aliphatic rings.